The fraction of sp³-hybridized carbons (Fsp3) is 0.538. The molecular formula is C13H21NO. The number of nitrogens with two attached hydrogens (primary N) is 1. The second-order valence-corrected chi connectivity index (χ2v) is 5.15. The largest absolute Gasteiger partial charge is 0.492 e. The molecule has 1 atom stereocenters. The second kappa shape index (κ2) is 5.17. The summed E-state index contributed by atoms with van der Waals surface area (Å²) in [5.41, 5.74) is 6.25. The van der Waals surface area contributed by atoms with E-state index in [1.54, 1.807) is 0 Å². The van der Waals surface area contributed by atoms with Crippen LogP contribution >= 0.6 is 0 Å². The molecule has 0 amide bonds. The van der Waals surface area contributed by atoms with Crippen molar-refractivity contribution in [3.63, 3.8) is 0 Å². The molecule has 2 N–H and O–H groups in total. The monoisotopic (exact) mass is 207 g/mol. The van der Waals surface area contributed by atoms with Crippen molar-refractivity contribution in [3.05, 3.63) is 30.3 Å². The van der Waals surface area contributed by atoms with Crippen LogP contribution in [0.15, 0.2) is 30.3 Å². The average molecular weight is 207 g/mol. The van der Waals surface area contributed by atoms with E-state index in [-0.39, 0.29) is 11.5 Å². The fourth-order valence-corrected chi connectivity index (χ4v) is 1.57. The normalized spacial score (nSPS) is 13.6. The molecule has 0 fully saturated rings. The number of hydrogen-bond acceptors (Lipinski definition) is 2. The van der Waals surface area contributed by atoms with E-state index in [1.165, 1.54) is 0 Å². The van der Waals surface area contributed by atoms with Crippen molar-refractivity contribution in [2.75, 3.05) is 6.61 Å². The second-order valence-electron chi connectivity index (χ2n) is 5.15. The van der Waals surface area contributed by atoms with Gasteiger partial charge in [-0.25, -0.2) is 0 Å². The molecule has 1 aromatic carbocycles. The molecule has 0 saturated carbocycles. The van der Waals surface area contributed by atoms with Crippen LogP contribution in [0.2, 0.25) is 0 Å². The van der Waals surface area contributed by atoms with Gasteiger partial charge in [0.15, 0.2) is 0 Å². The van der Waals surface area contributed by atoms with Gasteiger partial charge >= 0.3 is 0 Å². The summed E-state index contributed by atoms with van der Waals surface area (Å²) in [6.07, 6.45) is 0.972. The van der Waals surface area contributed by atoms with E-state index in [0.717, 1.165) is 12.2 Å². The van der Waals surface area contributed by atoms with Gasteiger partial charge in [-0.2, -0.15) is 0 Å². The van der Waals surface area contributed by atoms with Crippen molar-refractivity contribution in [2.24, 2.45) is 11.1 Å². The smallest absolute Gasteiger partial charge is 0.119 e. The number of ether oxygens (including phenoxy) is 1. The molecule has 2 nitrogen and oxygen atoms in total. The molecule has 84 valence electrons. The number of rotatable bonds is 4. The molecule has 0 aliphatic carbocycles. The molecular weight excluding hydrogens is 186 g/mol. The van der Waals surface area contributed by atoms with Gasteiger partial charge in [-0.3, -0.25) is 0 Å². The van der Waals surface area contributed by atoms with Crippen molar-refractivity contribution in [1.82, 2.24) is 0 Å². The van der Waals surface area contributed by atoms with Crippen LogP contribution in [0.25, 0.3) is 0 Å². The Balaban J connectivity index is 2.32. The van der Waals surface area contributed by atoms with E-state index in [0.29, 0.717) is 6.61 Å². The predicted molar refractivity (Wildman–Crippen MR) is 64.0 cm³/mol. The highest BCUT2D eigenvalue weighted by Gasteiger charge is 2.15. The number of hydrogen-bond donors (Lipinski definition) is 1. The van der Waals surface area contributed by atoms with Crippen molar-refractivity contribution >= 4 is 0 Å². The zero-order valence-electron chi connectivity index (χ0n) is 9.86. The minimum absolute atomic E-state index is 0.102. The van der Waals surface area contributed by atoms with E-state index in [2.05, 4.69) is 20.8 Å². The Morgan fingerprint density at radius 3 is 2.33 bits per heavy atom. The Kier molecular flexibility index (Phi) is 4.15. The van der Waals surface area contributed by atoms with Gasteiger partial charge in [0.05, 0.1) is 0 Å². The summed E-state index contributed by atoms with van der Waals surface area (Å²) in [6, 6.07) is 9.90. The first-order valence-electron chi connectivity index (χ1n) is 5.41. The molecule has 0 aliphatic heterocycles. The maximum Gasteiger partial charge on any atom is 0.119 e. The summed E-state index contributed by atoms with van der Waals surface area (Å²) in [7, 11) is 0. The van der Waals surface area contributed by atoms with E-state index < -0.39 is 0 Å². The molecule has 15 heavy (non-hydrogen) atoms. The molecule has 1 aromatic rings. The van der Waals surface area contributed by atoms with Crippen LogP contribution < -0.4 is 10.5 Å². The zero-order valence-corrected chi connectivity index (χ0v) is 9.86. The number of benzene rings is 1. The minimum atomic E-state index is 0.102. The molecule has 0 spiro atoms. The quantitative estimate of drug-likeness (QED) is 0.824. The lowest BCUT2D eigenvalue weighted by Gasteiger charge is -2.23. The predicted octanol–water partition coefficient (Wildman–Crippen LogP) is 2.83. The van der Waals surface area contributed by atoms with Gasteiger partial charge in [0.2, 0.25) is 0 Å². The van der Waals surface area contributed by atoms with Crippen molar-refractivity contribution < 1.29 is 4.74 Å². The van der Waals surface area contributed by atoms with Gasteiger partial charge in [-0.15, -0.1) is 0 Å². The first-order chi connectivity index (χ1) is 6.97. The van der Waals surface area contributed by atoms with Crippen LogP contribution in [0.4, 0.5) is 0 Å². The summed E-state index contributed by atoms with van der Waals surface area (Å²) in [6.45, 7) is 7.15. The highest BCUT2D eigenvalue weighted by Crippen LogP contribution is 2.20. The van der Waals surface area contributed by atoms with Crippen LogP contribution in [-0.2, 0) is 0 Å². The highest BCUT2D eigenvalue weighted by molar-refractivity contribution is 5.20. The average Bonchev–Trinajstić information content (AvgIpc) is 2.14. The van der Waals surface area contributed by atoms with Gasteiger partial charge in [-0.05, 0) is 24.0 Å². The van der Waals surface area contributed by atoms with Gasteiger partial charge < -0.3 is 10.5 Å². The van der Waals surface area contributed by atoms with Crippen LogP contribution in [0.3, 0.4) is 0 Å². The molecule has 2 heteroatoms. The first kappa shape index (κ1) is 12.1. The third-order valence-corrected chi connectivity index (χ3v) is 2.08. The molecule has 0 aromatic heterocycles. The highest BCUT2D eigenvalue weighted by atomic mass is 16.5. The Labute approximate surface area is 92.4 Å². The Hall–Kier alpha value is -1.02. The lowest BCUT2D eigenvalue weighted by atomic mass is 9.89. The minimum Gasteiger partial charge on any atom is -0.492 e. The van der Waals surface area contributed by atoms with Crippen LogP contribution in [0.5, 0.6) is 5.75 Å². The van der Waals surface area contributed by atoms with E-state index >= 15 is 0 Å². The topological polar surface area (TPSA) is 35.2 Å². The van der Waals surface area contributed by atoms with E-state index in [1.807, 2.05) is 30.3 Å². The van der Waals surface area contributed by atoms with Crippen LogP contribution in [0, 0.1) is 5.41 Å². The third-order valence-electron chi connectivity index (χ3n) is 2.08. The van der Waals surface area contributed by atoms with Crippen LogP contribution in [-0.4, -0.2) is 12.6 Å². The Morgan fingerprint density at radius 2 is 1.80 bits per heavy atom. The van der Waals surface area contributed by atoms with Gasteiger partial charge in [0.1, 0.15) is 12.4 Å². The van der Waals surface area contributed by atoms with Crippen molar-refractivity contribution in [2.45, 2.75) is 33.2 Å². The molecule has 0 saturated heterocycles. The molecule has 0 unspecified atom stereocenters. The SMILES string of the molecule is CC(C)(C)C[C@@H](N)COc1ccccc1. The summed E-state index contributed by atoms with van der Waals surface area (Å²) >= 11 is 0. The summed E-state index contributed by atoms with van der Waals surface area (Å²) in [5, 5.41) is 0. The maximum absolute atomic E-state index is 5.98. The van der Waals surface area contributed by atoms with Crippen LogP contribution in [0.1, 0.15) is 27.2 Å². The molecule has 0 heterocycles. The summed E-state index contributed by atoms with van der Waals surface area (Å²) < 4.78 is 5.59. The molecule has 0 bridgehead atoms. The van der Waals surface area contributed by atoms with E-state index in [4.69, 9.17) is 10.5 Å². The van der Waals surface area contributed by atoms with Crippen molar-refractivity contribution in [3.8, 4) is 5.75 Å². The zero-order chi connectivity index (χ0) is 11.3. The van der Waals surface area contributed by atoms with Gasteiger partial charge in [-0.1, -0.05) is 39.0 Å². The molecule has 0 aliphatic rings. The van der Waals surface area contributed by atoms with E-state index in [9.17, 15) is 0 Å². The fourth-order valence-electron chi connectivity index (χ4n) is 1.57. The van der Waals surface area contributed by atoms with Crippen molar-refractivity contribution in [1.29, 1.82) is 0 Å². The van der Waals surface area contributed by atoms with Gasteiger partial charge in [0, 0.05) is 6.04 Å². The first-order valence-corrected chi connectivity index (χ1v) is 5.41. The third kappa shape index (κ3) is 5.43. The lowest BCUT2D eigenvalue weighted by Crippen LogP contribution is -2.32. The van der Waals surface area contributed by atoms with Gasteiger partial charge in [0.25, 0.3) is 0 Å². The summed E-state index contributed by atoms with van der Waals surface area (Å²) in [5.74, 6) is 0.891. The standard InChI is InChI=1S/C13H21NO/c1-13(2,3)9-11(14)10-15-12-7-5-4-6-8-12/h4-8,11H,9-10,14H2,1-3H3/t11-/m1/s1. The lowest BCUT2D eigenvalue weighted by molar-refractivity contribution is 0.241. The molecule has 0 radical (unpaired) electrons. The number of para-hydroxylation sites is 1. The Morgan fingerprint density at radius 1 is 1.20 bits per heavy atom. The Bertz CT molecular complexity index is 276. The molecule has 1 rings (SSSR count). The summed E-state index contributed by atoms with van der Waals surface area (Å²) in [4.78, 5) is 0. The maximum atomic E-state index is 5.98.